The lowest BCUT2D eigenvalue weighted by Gasteiger charge is -2.15. The van der Waals surface area contributed by atoms with Gasteiger partial charge in [0.15, 0.2) is 17.3 Å². The standard InChI is InChI=1S/C25H26FNO6S/c1-30-11-5-6-20(29)19-15-34-24(27-19)14-18(28)13-16-12-17(26)9-10-21(16)33-23-8-4-7-22(31-2)25(23)32-3/h4,7-10,12,15H,5-6,11,13-14H2,1-3H3. The molecule has 3 aromatic rings. The van der Waals surface area contributed by atoms with Crippen LogP contribution in [-0.2, 0) is 22.4 Å². The van der Waals surface area contributed by atoms with E-state index in [0.29, 0.717) is 58.7 Å². The number of nitrogens with zero attached hydrogens (tertiary/aromatic N) is 1. The number of carbonyl (C=O) groups is 2. The Kier molecular flexibility index (Phi) is 9.12. The van der Waals surface area contributed by atoms with E-state index in [9.17, 15) is 14.0 Å². The minimum absolute atomic E-state index is 0.0362. The number of hydrogen-bond acceptors (Lipinski definition) is 8. The van der Waals surface area contributed by atoms with E-state index in [1.54, 1.807) is 30.7 Å². The highest BCUT2D eigenvalue weighted by Gasteiger charge is 2.18. The van der Waals surface area contributed by atoms with E-state index in [1.165, 1.54) is 43.8 Å². The van der Waals surface area contributed by atoms with Gasteiger partial charge in [-0.05, 0) is 36.8 Å². The maximum Gasteiger partial charge on any atom is 0.203 e. The lowest BCUT2D eigenvalue weighted by molar-refractivity contribution is -0.117. The number of Topliss-reactive ketones (excluding diaryl/α,β-unsaturated/α-hetero) is 2. The molecule has 0 spiro atoms. The van der Waals surface area contributed by atoms with E-state index in [2.05, 4.69) is 4.98 Å². The summed E-state index contributed by atoms with van der Waals surface area (Å²) in [5, 5.41) is 2.19. The SMILES string of the molecule is COCCCC(=O)c1csc(CC(=O)Cc2cc(F)ccc2Oc2cccc(OC)c2OC)n1. The second kappa shape index (κ2) is 12.2. The molecule has 9 heteroatoms. The molecule has 3 rings (SSSR count). The van der Waals surface area contributed by atoms with Crippen molar-refractivity contribution < 1.29 is 32.9 Å². The van der Waals surface area contributed by atoms with Gasteiger partial charge in [0.2, 0.25) is 5.75 Å². The summed E-state index contributed by atoms with van der Waals surface area (Å²) < 4.78 is 35.6. The topological polar surface area (TPSA) is 84.0 Å². The molecule has 0 atom stereocenters. The Bertz CT molecular complexity index is 1150. The fourth-order valence-electron chi connectivity index (χ4n) is 3.31. The van der Waals surface area contributed by atoms with Gasteiger partial charge in [-0.2, -0.15) is 0 Å². The first-order valence-electron chi connectivity index (χ1n) is 10.6. The van der Waals surface area contributed by atoms with Gasteiger partial charge >= 0.3 is 0 Å². The van der Waals surface area contributed by atoms with Crippen LogP contribution in [0.3, 0.4) is 0 Å². The average Bonchev–Trinajstić information content (AvgIpc) is 3.29. The van der Waals surface area contributed by atoms with Crippen molar-refractivity contribution in [3.05, 3.63) is 63.9 Å². The summed E-state index contributed by atoms with van der Waals surface area (Å²) >= 11 is 1.26. The van der Waals surface area contributed by atoms with Gasteiger partial charge in [0.1, 0.15) is 28.1 Å². The van der Waals surface area contributed by atoms with Gasteiger partial charge in [-0.15, -0.1) is 11.3 Å². The quantitative estimate of drug-likeness (QED) is 0.246. The predicted molar refractivity (Wildman–Crippen MR) is 126 cm³/mol. The zero-order valence-corrected chi connectivity index (χ0v) is 20.1. The largest absolute Gasteiger partial charge is 0.493 e. The highest BCUT2D eigenvalue weighted by molar-refractivity contribution is 7.09. The smallest absolute Gasteiger partial charge is 0.203 e. The van der Waals surface area contributed by atoms with Crippen LogP contribution >= 0.6 is 11.3 Å². The molecular weight excluding hydrogens is 461 g/mol. The van der Waals surface area contributed by atoms with Crippen molar-refractivity contribution in [3.63, 3.8) is 0 Å². The number of methoxy groups -OCH3 is 3. The van der Waals surface area contributed by atoms with Crippen molar-refractivity contribution in [2.75, 3.05) is 27.9 Å². The van der Waals surface area contributed by atoms with Gasteiger partial charge < -0.3 is 18.9 Å². The van der Waals surface area contributed by atoms with Gasteiger partial charge in [-0.25, -0.2) is 9.37 Å². The average molecular weight is 488 g/mol. The summed E-state index contributed by atoms with van der Waals surface area (Å²) in [6, 6.07) is 9.16. The van der Waals surface area contributed by atoms with Crippen molar-refractivity contribution in [1.82, 2.24) is 4.98 Å². The van der Waals surface area contributed by atoms with Crippen molar-refractivity contribution in [2.45, 2.75) is 25.7 Å². The highest BCUT2D eigenvalue weighted by atomic mass is 32.1. The van der Waals surface area contributed by atoms with E-state index in [0.717, 1.165) is 0 Å². The minimum Gasteiger partial charge on any atom is -0.493 e. The van der Waals surface area contributed by atoms with Crippen LogP contribution in [0.15, 0.2) is 41.8 Å². The van der Waals surface area contributed by atoms with Crippen LogP contribution in [0.2, 0.25) is 0 Å². The number of carbonyl (C=O) groups excluding carboxylic acids is 2. The van der Waals surface area contributed by atoms with Crippen LogP contribution in [0.1, 0.15) is 33.9 Å². The molecule has 0 unspecified atom stereocenters. The molecule has 0 bridgehead atoms. The molecule has 1 aromatic heterocycles. The first-order chi connectivity index (χ1) is 16.4. The third-order valence-electron chi connectivity index (χ3n) is 4.94. The first-order valence-corrected chi connectivity index (χ1v) is 11.5. The van der Waals surface area contributed by atoms with E-state index < -0.39 is 5.82 Å². The molecule has 0 fully saturated rings. The summed E-state index contributed by atoms with van der Waals surface area (Å²) in [7, 11) is 4.59. The molecule has 0 saturated heterocycles. The van der Waals surface area contributed by atoms with Crippen molar-refractivity contribution in [1.29, 1.82) is 0 Å². The van der Waals surface area contributed by atoms with Gasteiger partial charge in [0, 0.05) is 37.5 Å². The third kappa shape index (κ3) is 6.61. The summed E-state index contributed by atoms with van der Waals surface area (Å²) in [4.78, 5) is 29.2. The molecule has 1 heterocycles. The van der Waals surface area contributed by atoms with Crippen LogP contribution in [0.25, 0.3) is 0 Å². The number of ketones is 2. The molecule has 0 aliphatic heterocycles. The fraction of sp³-hybridized carbons (Fsp3) is 0.320. The molecule has 34 heavy (non-hydrogen) atoms. The van der Waals surface area contributed by atoms with E-state index >= 15 is 0 Å². The minimum atomic E-state index is -0.481. The monoisotopic (exact) mass is 487 g/mol. The summed E-state index contributed by atoms with van der Waals surface area (Å²) in [6.07, 6.45) is 0.925. The van der Waals surface area contributed by atoms with E-state index in [-0.39, 0.29) is 24.4 Å². The van der Waals surface area contributed by atoms with E-state index in [1.807, 2.05) is 0 Å². The molecule has 0 radical (unpaired) electrons. The predicted octanol–water partition coefficient (Wildman–Crippen LogP) is 5.06. The van der Waals surface area contributed by atoms with Crippen LogP contribution < -0.4 is 14.2 Å². The molecule has 0 amide bonds. The molecule has 0 N–H and O–H groups in total. The van der Waals surface area contributed by atoms with Gasteiger partial charge in [0.05, 0.1) is 20.6 Å². The van der Waals surface area contributed by atoms with Crippen molar-refractivity contribution in [3.8, 4) is 23.0 Å². The van der Waals surface area contributed by atoms with Crippen LogP contribution in [0.5, 0.6) is 23.0 Å². The Morgan fingerprint density at radius 3 is 2.53 bits per heavy atom. The number of thiazole rings is 1. The van der Waals surface area contributed by atoms with Crippen LogP contribution in [-0.4, -0.2) is 44.5 Å². The normalized spacial score (nSPS) is 10.7. The molecule has 0 aliphatic rings. The second-order valence-electron chi connectivity index (χ2n) is 7.38. The molecule has 0 aliphatic carbocycles. The van der Waals surface area contributed by atoms with Crippen molar-refractivity contribution in [2.24, 2.45) is 0 Å². The maximum atomic E-state index is 14.0. The second-order valence-corrected chi connectivity index (χ2v) is 8.33. The first kappa shape index (κ1) is 25.3. The number of ether oxygens (including phenoxy) is 4. The lowest BCUT2D eigenvalue weighted by Crippen LogP contribution is -2.09. The molecule has 0 saturated carbocycles. The zero-order valence-electron chi connectivity index (χ0n) is 19.3. The van der Waals surface area contributed by atoms with Gasteiger partial charge in [-0.1, -0.05) is 6.07 Å². The van der Waals surface area contributed by atoms with Crippen LogP contribution in [0.4, 0.5) is 4.39 Å². The summed E-state index contributed by atoms with van der Waals surface area (Å²) in [5.41, 5.74) is 0.742. The lowest BCUT2D eigenvalue weighted by atomic mass is 10.1. The maximum absolute atomic E-state index is 14.0. The molecular formula is C25H26FNO6S. The highest BCUT2D eigenvalue weighted by Crippen LogP contribution is 2.40. The van der Waals surface area contributed by atoms with Gasteiger partial charge in [0.25, 0.3) is 0 Å². The number of hydrogen-bond donors (Lipinski definition) is 0. The Labute approximate surface area is 201 Å². The molecule has 7 nitrogen and oxygen atoms in total. The van der Waals surface area contributed by atoms with E-state index in [4.69, 9.17) is 18.9 Å². The molecule has 180 valence electrons. The van der Waals surface area contributed by atoms with Crippen LogP contribution in [0, 0.1) is 5.82 Å². The summed E-state index contributed by atoms with van der Waals surface area (Å²) in [5.74, 6) is 0.827. The number of para-hydroxylation sites is 1. The number of aromatic nitrogens is 1. The Balaban J connectivity index is 1.71. The third-order valence-corrected chi connectivity index (χ3v) is 5.78. The Morgan fingerprint density at radius 2 is 1.79 bits per heavy atom. The fourth-order valence-corrected chi connectivity index (χ4v) is 4.14. The Hall–Kier alpha value is -3.30. The number of halogens is 1. The zero-order chi connectivity index (χ0) is 24.5. The van der Waals surface area contributed by atoms with Crippen molar-refractivity contribution >= 4 is 22.9 Å². The Morgan fingerprint density at radius 1 is 1.00 bits per heavy atom. The van der Waals surface area contributed by atoms with Gasteiger partial charge in [-0.3, -0.25) is 9.59 Å². The summed E-state index contributed by atoms with van der Waals surface area (Å²) in [6.45, 7) is 0.501. The molecule has 2 aromatic carbocycles. The number of benzene rings is 2. The number of rotatable bonds is 13.